The lowest BCUT2D eigenvalue weighted by molar-refractivity contribution is 0.507. The predicted octanol–water partition coefficient (Wildman–Crippen LogP) is 4.09. The molecule has 0 aliphatic carbocycles. The molecule has 0 rings (SSSR count). The SMILES string of the molecule is CCCC.FC(Cl)(Cl)Cl. The fourth-order valence-electron chi connectivity index (χ4n) is 0. The van der Waals surface area contributed by atoms with Crippen LogP contribution in [-0.4, -0.2) is 4.05 Å². The van der Waals surface area contributed by atoms with Crippen LogP contribution in [0.3, 0.4) is 0 Å². The van der Waals surface area contributed by atoms with Gasteiger partial charge in [0.1, 0.15) is 0 Å². The second-order valence-corrected chi connectivity index (χ2v) is 3.57. The zero-order valence-corrected chi connectivity index (χ0v) is 7.69. The summed E-state index contributed by atoms with van der Waals surface area (Å²) < 4.78 is 8.40. The van der Waals surface area contributed by atoms with E-state index in [9.17, 15) is 4.39 Å². The standard InChI is InChI=1S/C4H10.CCl3F/c1-3-4-2;2-1(3,4)5/h3-4H2,1-2H3;. The Kier molecular flexibility index (Phi) is 9.58. The Bertz CT molecular complexity index is 42.7. The van der Waals surface area contributed by atoms with Crippen LogP contribution < -0.4 is 0 Å². The fourth-order valence-corrected chi connectivity index (χ4v) is 0. The molecule has 4 heteroatoms. The highest BCUT2D eigenvalue weighted by molar-refractivity contribution is 6.66. The van der Waals surface area contributed by atoms with Crippen LogP contribution in [0.5, 0.6) is 0 Å². The van der Waals surface area contributed by atoms with Crippen LogP contribution in [0.2, 0.25) is 0 Å². The number of unbranched alkanes of at least 4 members (excludes halogenated alkanes) is 1. The summed E-state index contributed by atoms with van der Waals surface area (Å²) >= 11 is 13.2. The van der Waals surface area contributed by atoms with E-state index in [4.69, 9.17) is 0 Å². The predicted molar refractivity (Wildman–Crippen MR) is 42.0 cm³/mol. The molecule has 0 saturated heterocycles. The van der Waals surface area contributed by atoms with E-state index in [-0.39, 0.29) is 0 Å². The maximum Gasteiger partial charge on any atom is 0.333 e. The highest BCUT2D eigenvalue weighted by Gasteiger charge is 2.14. The van der Waals surface area contributed by atoms with E-state index >= 15 is 0 Å². The Hall–Kier alpha value is 0.800. The lowest BCUT2D eigenvalue weighted by atomic mass is 10.4. The van der Waals surface area contributed by atoms with Crippen molar-refractivity contribution in [1.29, 1.82) is 0 Å². The Labute approximate surface area is 70.3 Å². The quantitative estimate of drug-likeness (QED) is 0.553. The average molecular weight is 195 g/mol. The highest BCUT2D eigenvalue weighted by atomic mass is 35.6. The Balaban J connectivity index is 0. The Morgan fingerprint density at radius 1 is 1.11 bits per heavy atom. The maximum absolute atomic E-state index is 11.0. The first-order valence-corrected chi connectivity index (χ1v) is 3.80. The van der Waals surface area contributed by atoms with Gasteiger partial charge in [-0.3, -0.25) is 0 Å². The van der Waals surface area contributed by atoms with Gasteiger partial charge in [0.2, 0.25) is 0 Å². The van der Waals surface area contributed by atoms with Gasteiger partial charge in [-0.25, -0.2) is 0 Å². The maximum atomic E-state index is 11.0. The van der Waals surface area contributed by atoms with Crippen molar-refractivity contribution in [3.63, 3.8) is 0 Å². The molecule has 0 radical (unpaired) electrons. The van der Waals surface area contributed by atoms with E-state index in [1.165, 1.54) is 12.8 Å². The third kappa shape index (κ3) is 126. The molecule has 0 saturated carbocycles. The molecule has 0 aliphatic rings. The molecule has 0 atom stereocenters. The van der Waals surface area contributed by atoms with E-state index < -0.39 is 4.05 Å². The average Bonchev–Trinajstić information content (AvgIpc) is 1.61. The molecule has 0 aromatic rings. The number of rotatable bonds is 1. The monoisotopic (exact) mass is 194 g/mol. The smallest absolute Gasteiger partial charge is 0.189 e. The molecule has 0 fully saturated rings. The lowest BCUT2D eigenvalue weighted by Crippen LogP contribution is -1.83. The minimum absolute atomic E-state index is 1.32. The molecule has 0 N–H and O–H groups in total. The molecule has 0 unspecified atom stereocenters. The van der Waals surface area contributed by atoms with Crippen molar-refractivity contribution in [2.75, 3.05) is 0 Å². The lowest BCUT2D eigenvalue weighted by Gasteiger charge is -1.89. The summed E-state index contributed by atoms with van der Waals surface area (Å²) in [5.41, 5.74) is 0. The molecule has 58 valence electrons. The first kappa shape index (κ1) is 12.5. The molecule has 0 aromatic carbocycles. The van der Waals surface area contributed by atoms with Gasteiger partial charge in [-0.2, -0.15) is 4.39 Å². The van der Waals surface area contributed by atoms with E-state index in [0.717, 1.165) is 0 Å². The zero-order chi connectivity index (χ0) is 7.91. The Morgan fingerprint density at radius 2 is 1.22 bits per heavy atom. The molecule has 0 nitrogen and oxygen atoms in total. The second-order valence-electron chi connectivity index (χ2n) is 1.43. The van der Waals surface area contributed by atoms with Gasteiger partial charge < -0.3 is 0 Å². The summed E-state index contributed by atoms with van der Waals surface area (Å²) in [6.07, 6.45) is 2.64. The summed E-state index contributed by atoms with van der Waals surface area (Å²) in [7, 11) is 0. The third-order valence-electron chi connectivity index (χ3n) is 0.500. The largest absolute Gasteiger partial charge is 0.333 e. The molecule has 0 bridgehead atoms. The van der Waals surface area contributed by atoms with Gasteiger partial charge in [-0.05, 0) is 34.8 Å². The van der Waals surface area contributed by atoms with Crippen LogP contribution in [0.25, 0.3) is 0 Å². The first-order valence-electron chi connectivity index (χ1n) is 2.67. The summed E-state index contributed by atoms with van der Waals surface area (Å²) in [6.45, 7) is 4.36. The van der Waals surface area contributed by atoms with Gasteiger partial charge in [0.25, 0.3) is 0 Å². The molecule has 0 aliphatic heterocycles. The second kappa shape index (κ2) is 6.91. The van der Waals surface area contributed by atoms with Gasteiger partial charge >= 0.3 is 4.05 Å². The minimum Gasteiger partial charge on any atom is -0.189 e. The Morgan fingerprint density at radius 3 is 1.22 bits per heavy atom. The number of halogens is 4. The summed E-state index contributed by atoms with van der Waals surface area (Å²) in [4.78, 5) is 0. The van der Waals surface area contributed by atoms with Crippen molar-refractivity contribution in [2.45, 2.75) is 30.7 Å². The van der Waals surface area contributed by atoms with Crippen LogP contribution >= 0.6 is 34.8 Å². The van der Waals surface area contributed by atoms with Crippen molar-refractivity contribution < 1.29 is 4.39 Å². The van der Waals surface area contributed by atoms with Gasteiger partial charge in [0.05, 0.1) is 0 Å². The molecule has 0 heterocycles. The number of hydrogen-bond donors (Lipinski definition) is 0. The van der Waals surface area contributed by atoms with Crippen molar-refractivity contribution in [1.82, 2.24) is 0 Å². The zero-order valence-electron chi connectivity index (χ0n) is 5.43. The number of hydrogen-bond acceptors (Lipinski definition) is 0. The van der Waals surface area contributed by atoms with Gasteiger partial charge in [0.15, 0.2) is 0 Å². The van der Waals surface area contributed by atoms with E-state index in [0.29, 0.717) is 0 Å². The van der Waals surface area contributed by atoms with Gasteiger partial charge in [0, 0.05) is 0 Å². The third-order valence-corrected chi connectivity index (χ3v) is 0.500. The molecule has 0 amide bonds. The first-order chi connectivity index (χ1) is 3.91. The summed E-state index contributed by atoms with van der Waals surface area (Å²) in [5.74, 6) is 0. The van der Waals surface area contributed by atoms with Crippen molar-refractivity contribution >= 4 is 34.8 Å². The molecule has 0 spiro atoms. The topological polar surface area (TPSA) is 0 Å². The van der Waals surface area contributed by atoms with Crippen LogP contribution in [0.15, 0.2) is 0 Å². The van der Waals surface area contributed by atoms with E-state index in [1.807, 2.05) is 0 Å². The number of alkyl halides is 4. The summed E-state index contributed by atoms with van der Waals surface area (Å²) in [5, 5.41) is 0. The van der Waals surface area contributed by atoms with Crippen LogP contribution in [-0.2, 0) is 0 Å². The van der Waals surface area contributed by atoms with Crippen molar-refractivity contribution in [3.8, 4) is 0 Å². The van der Waals surface area contributed by atoms with Crippen molar-refractivity contribution in [2.24, 2.45) is 0 Å². The van der Waals surface area contributed by atoms with Gasteiger partial charge in [-0.15, -0.1) is 0 Å². The molecular weight excluding hydrogens is 185 g/mol. The van der Waals surface area contributed by atoms with E-state index in [2.05, 4.69) is 48.7 Å². The van der Waals surface area contributed by atoms with Crippen molar-refractivity contribution in [3.05, 3.63) is 0 Å². The van der Waals surface area contributed by atoms with Crippen LogP contribution in [0, 0.1) is 0 Å². The summed E-state index contributed by atoms with van der Waals surface area (Å²) in [6, 6.07) is 0. The van der Waals surface area contributed by atoms with Gasteiger partial charge in [-0.1, -0.05) is 26.7 Å². The minimum atomic E-state index is -2.58. The molecular formula is C5H10Cl3F. The van der Waals surface area contributed by atoms with E-state index in [1.54, 1.807) is 0 Å². The fraction of sp³-hybridized carbons (Fsp3) is 1.00. The molecule has 9 heavy (non-hydrogen) atoms. The molecule has 0 aromatic heterocycles. The van der Waals surface area contributed by atoms with Crippen LogP contribution in [0.4, 0.5) is 4.39 Å². The van der Waals surface area contributed by atoms with Crippen LogP contribution in [0.1, 0.15) is 26.7 Å². The highest BCUT2D eigenvalue weighted by Crippen LogP contribution is 2.26. The normalized spacial score (nSPS) is 10.0.